The number of primary amides is 1. The summed E-state index contributed by atoms with van der Waals surface area (Å²) in [6.45, 7) is 0.966. The number of methoxy groups -OCH3 is 2. The lowest BCUT2D eigenvalue weighted by Gasteiger charge is -2.31. The van der Waals surface area contributed by atoms with Crippen LogP contribution in [0.25, 0.3) is 0 Å². The lowest BCUT2D eigenvalue weighted by molar-refractivity contribution is -0.121. The molecule has 0 aliphatic carbocycles. The summed E-state index contributed by atoms with van der Waals surface area (Å²) in [5.74, 6) is 0.178. The molecule has 8 nitrogen and oxygen atoms in total. The Hall–Kier alpha value is -3.55. The third-order valence-electron chi connectivity index (χ3n) is 5.19. The Morgan fingerprint density at radius 1 is 0.933 bits per heavy atom. The van der Waals surface area contributed by atoms with Gasteiger partial charge in [0.15, 0.2) is 0 Å². The van der Waals surface area contributed by atoms with Crippen LogP contribution in [0.4, 0.5) is 5.69 Å². The van der Waals surface area contributed by atoms with Gasteiger partial charge in [0, 0.05) is 41.9 Å². The van der Waals surface area contributed by atoms with Gasteiger partial charge >= 0.3 is 0 Å². The van der Waals surface area contributed by atoms with Crippen LogP contribution in [0.5, 0.6) is 11.5 Å². The zero-order valence-corrected chi connectivity index (χ0v) is 17.0. The van der Waals surface area contributed by atoms with Crippen molar-refractivity contribution in [3.63, 3.8) is 0 Å². The fraction of sp³-hybridized carbons (Fsp3) is 0.318. The predicted octanol–water partition coefficient (Wildman–Crippen LogP) is 2.29. The van der Waals surface area contributed by atoms with Gasteiger partial charge in [0.2, 0.25) is 11.8 Å². The fourth-order valence-corrected chi connectivity index (χ4v) is 3.42. The predicted molar refractivity (Wildman–Crippen MR) is 112 cm³/mol. The van der Waals surface area contributed by atoms with E-state index in [1.54, 1.807) is 47.4 Å². The maximum atomic E-state index is 12.9. The summed E-state index contributed by atoms with van der Waals surface area (Å²) in [5.41, 5.74) is 6.70. The average Bonchev–Trinajstić information content (AvgIpc) is 2.78. The van der Waals surface area contributed by atoms with E-state index in [1.807, 2.05) is 0 Å². The van der Waals surface area contributed by atoms with E-state index >= 15 is 0 Å². The quantitative estimate of drug-likeness (QED) is 0.758. The van der Waals surface area contributed by atoms with E-state index in [-0.39, 0.29) is 17.7 Å². The lowest BCUT2D eigenvalue weighted by atomic mass is 9.95. The molecule has 0 saturated carbocycles. The molecule has 0 radical (unpaired) electrons. The molecule has 0 atom stereocenters. The van der Waals surface area contributed by atoms with Crippen molar-refractivity contribution in [1.29, 1.82) is 0 Å². The van der Waals surface area contributed by atoms with Crippen molar-refractivity contribution < 1.29 is 23.9 Å². The second-order valence-electron chi connectivity index (χ2n) is 7.10. The molecule has 2 aromatic rings. The van der Waals surface area contributed by atoms with Crippen molar-refractivity contribution in [1.82, 2.24) is 4.90 Å². The molecule has 0 bridgehead atoms. The number of nitrogens with two attached hydrogens (primary N) is 1. The van der Waals surface area contributed by atoms with Gasteiger partial charge in [-0.15, -0.1) is 0 Å². The fourth-order valence-electron chi connectivity index (χ4n) is 3.42. The molecule has 3 rings (SSSR count). The molecule has 1 aliphatic rings. The lowest BCUT2D eigenvalue weighted by Crippen LogP contribution is -2.41. The Kier molecular flexibility index (Phi) is 6.56. The second-order valence-corrected chi connectivity index (χ2v) is 7.10. The number of carbonyl (C=O) groups is 3. The largest absolute Gasteiger partial charge is 0.497 e. The first-order valence-corrected chi connectivity index (χ1v) is 9.64. The maximum absolute atomic E-state index is 12.9. The summed E-state index contributed by atoms with van der Waals surface area (Å²) in [4.78, 5) is 38.3. The molecule has 30 heavy (non-hydrogen) atoms. The number of ether oxygens (including phenoxy) is 2. The zero-order chi connectivity index (χ0) is 21.7. The van der Waals surface area contributed by atoms with Gasteiger partial charge in [-0.05, 0) is 49.2 Å². The number of nitrogens with one attached hydrogen (secondary N) is 1. The smallest absolute Gasteiger partial charge is 0.254 e. The molecule has 1 aliphatic heterocycles. The van der Waals surface area contributed by atoms with Crippen LogP contribution in [0.3, 0.4) is 0 Å². The number of hydrogen-bond acceptors (Lipinski definition) is 5. The number of carbonyl (C=O) groups excluding carboxylic acids is 3. The van der Waals surface area contributed by atoms with E-state index in [9.17, 15) is 14.4 Å². The van der Waals surface area contributed by atoms with Crippen LogP contribution in [0, 0.1) is 5.92 Å². The van der Waals surface area contributed by atoms with Crippen molar-refractivity contribution in [3.05, 3.63) is 53.6 Å². The molecule has 3 N–H and O–H groups in total. The molecule has 3 amide bonds. The zero-order valence-electron chi connectivity index (χ0n) is 17.0. The Morgan fingerprint density at radius 2 is 1.50 bits per heavy atom. The number of likely N-dealkylation sites (tertiary alicyclic amines) is 1. The second kappa shape index (κ2) is 9.30. The molecular weight excluding hydrogens is 386 g/mol. The molecule has 1 fully saturated rings. The molecule has 0 spiro atoms. The third kappa shape index (κ3) is 4.89. The van der Waals surface area contributed by atoms with E-state index < -0.39 is 5.91 Å². The van der Waals surface area contributed by atoms with E-state index in [0.29, 0.717) is 54.2 Å². The van der Waals surface area contributed by atoms with Crippen molar-refractivity contribution >= 4 is 23.4 Å². The highest BCUT2D eigenvalue weighted by Gasteiger charge is 2.28. The van der Waals surface area contributed by atoms with Gasteiger partial charge in [-0.25, -0.2) is 0 Å². The minimum Gasteiger partial charge on any atom is -0.497 e. The highest BCUT2D eigenvalue weighted by Crippen LogP contribution is 2.26. The van der Waals surface area contributed by atoms with Gasteiger partial charge < -0.3 is 25.4 Å². The summed E-state index contributed by atoms with van der Waals surface area (Å²) < 4.78 is 10.5. The minimum atomic E-state index is -0.515. The first-order chi connectivity index (χ1) is 14.4. The molecule has 0 unspecified atom stereocenters. The Morgan fingerprint density at radius 3 is 2.00 bits per heavy atom. The average molecular weight is 411 g/mol. The number of benzene rings is 2. The van der Waals surface area contributed by atoms with Crippen LogP contribution in [-0.4, -0.2) is 49.9 Å². The Balaban J connectivity index is 1.58. The first-order valence-electron chi connectivity index (χ1n) is 9.64. The first kappa shape index (κ1) is 21.2. The minimum absolute atomic E-state index is 0.100. The van der Waals surface area contributed by atoms with Gasteiger partial charge in [0.1, 0.15) is 11.5 Å². The number of rotatable bonds is 6. The maximum Gasteiger partial charge on any atom is 0.254 e. The number of nitrogens with zero attached hydrogens (tertiary/aromatic N) is 1. The van der Waals surface area contributed by atoms with Gasteiger partial charge in [0.25, 0.3) is 5.91 Å². The van der Waals surface area contributed by atoms with Gasteiger partial charge in [-0.1, -0.05) is 0 Å². The molecule has 1 heterocycles. The van der Waals surface area contributed by atoms with E-state index in [2.05, 4.69) is 5.32 Å². The standard InChI is InChI=1S/C22H25N3O5/c1-29-18-11-16(12-19(13-18)30-2)22(28)25-9-7-15(8-10-25)21(27)24-17-5-3-14(4-6-17)20(23)26/h3-6,11-13,15H,7-10H2,1-2H3,(H2,23,26)(H,24,27). The number of piperidine rings is 1. The van der Waals surface area contributed by atoms with Crippen LogP contribution >= 0.6 is 0 Å². The van der Waals surface area contributed by atoms with Crippen molar-refractivity contribution in [2.75, 3.05) is 32.6 Å². The monoisotopic (exact) mass is 411 g/mol. The van der Waals surface area contributed by atoms with E-state index in [4.69, 9.17) is 15.2 Å². The van der Waals surface area contributed by atoms with Crippen LogP contribution in [0.2, 0.25) is 0 Å². The number of anilines is 1. The number of amides is 3. The van der Waals surface area contributed by atoms with Crippen LogP contribution < -0.4 is 20.5 Å². The van der Waals surface area contributed by atoms with Gasteiger partial charge in [-0.3, -0.25) is 14.4 Å². The molecule has 0 aromatic heterocycles. The SMILES string of the molecule is COc1cc(OC)cc(C(=O)N2CCC(C(=O)Nc3ccc(C(N)=O)cc3)CC2)c1. The summed E-state index contributed by atoms with van der Waals surface area (Å²) in [5, 5.41) is 2.86. The molecular formula is C22H25N3O5. The normalized spacial score (nSPS) is 14.1. The molecule has 1 saturated heterocycles. The molecule has 158 valence electrons. The Bertz CT molecular complexity index is 912. The summed E-state index contributed by atoms with van der Waals surface area (Å²) in [6.07, 6.45) is 1.14. The summed E-state index contributed by atoms with van der Waals surface area (Å²) in [6, 6.07) is 11.5. The van der Waals surface area contributed by atoms with Crippen LogP contribution in [0.1, 0.15) is 33.6 Å². The third-order valence-corrected chi connectivity index (χ3v) is 5.19. The highest BCUT2D eigenvalue weighted by molar-refractivity contribution is 5.97. The summed E-state index contributed by atoms with van der Waals surface area (Å²) in [7, 11) is 3.07. The van der Waals surface area contributed by atoms with E-state index in [0.717, 1.165) is 0 Å². The topological polar surface area (TPSA) is 111 Å². The van der Waals surface area contributed by atoms with Gasteiger partial charge in [0.05, 0.1) is 14.2 Å². The van der Waals surface area contributed by atoms with Crippen LogP contribution in [0.15, 0.2) is 42.5 Å². The van der Waals surface area contributed by atoms with Gasteiger partial charge in [-0.2, -0.15) is 0 Å². The Labute approximate surface area is 174 Å². The number of hydrogen-bond donors (Lipinski definition) is 2. The molecule has 8 heteroatoms. The van der Waals surface area contributed by atoms with E-state index in [1.165, 1.54) is 14.2 Å². The van der Waals surface area contributed by atoms with Crippen LogP contribution in [-0.2, 0) is 4.79 Å². The molecule has 2 aromatic carbocycles. The summed E-state index contributed by atoms with van der Waals surface area (Å²) >= 11 is 0. The van der Waals surface area contributed by atoms with Crippen molar-refractivity contribution in [2.45, 2.75) is 12.8 Å². The van der Waals surface area contributed by atoms with Crippen molar-refractivity contribution in [3.8, 4) is 11.5 Å². The van der Waals surface area contributed by atoms with Crippen molar-refractivity contribution in [2.24, 2.45) is 11.7 Å². The highest BCUT2D eigenvalue weighted by atomic mass is 16.5.